The summed E-state index contributed by atoms with van der Waals surface area (Å²) in [4.78, 5) is 10.6. The van der Waals surface area contributed by atoms with E-state index in [0.717, 1.165) is 25.7 Å². The van der Waals surface area contributed by atoms with Gasteiger partial charge >= 0.3 is 6.09 Å². The van der Waals surface area contributed by atoms with Gasteiger partial charge in [0, 0.05) is 5.56 Å². The molecule has 1 amide bonds. The maximum atomic E-state index is 12.5. The molecule has 1 aliphatic carbocycles. The van der Waals surface area contributed by atoms with Crippen LogP contribution in [0.15, 0.2) is 29.2 Å². The summed E-state index contributed by atoms with van der Waals surface area (Å²) in [6.45, 7) is 0.00832. The third kappa shape index (κ3) is 5.61. The van der Waals surface area contributed by atoms with Crippen LogP contribution in [0, 0.1) is 17.8 Å². The number of hydrogen-bond donors (Lipinski definition) is 2. The van der Waals surface area contributed by atoms with Crippen LogP contribution >= 0.6 is 0 Å². The zero-order valence-corrected chi connectivity index (χ0v) is 13.7. The second-order valence-corrected chi connectivity index (χ2v) is 7.81. The van der Waals surface area contributed by atoms with E-state index in [1.165, 1.54) is 6.42 Å². The van der Waals surface area contributed by atoms with Crippen molar-refractivity contribution in [2.75, 3.05) is 12.3 Å². The monoisotopic (exact) mass is 335 g/mol. The minimum Gasteiger partial charge on any atom is -0.465 e. The van der Waals surface area contributed by atoms with Gasteiger partial charge in [-0.15, -0.1) is 0 Å². The van der Waals surface area contributed by atoms with Crippen molar-refractivity contribution in [1.82, 2.24) is 5.32 Å². The summed E-state index contributed by atoms with van der Waals surface area (Å²) in [7, 11) is -3.30. The van der Waals surface area contributed by atoms with E-state index in [2.05, 4.69) is 17.2 Å². The molecule has 23 heavy (non-hydrogen) atoms. The lowest BCUT2D eigenvalue weighted by atomic mass is 9.91. The van der Waals surface area contributed by atoms with E-state index in [1.54, 1.807) is 24.3 Å². The number of carboxylic acid groups (broad SMARTS) is 1. The molecule has 1 fully saturated rings. The summed E-state index contributed by atoms with van der Waals surface area (Å²) in [6.07, 6.45) is 4.26. The fourth-order valence-corrected chi connectivity index (χ4v) is 4.53. The zero-order valence-electron chi connectivity index (χ0n) is 12.9. The van der Waals surface area contributed by atoms with Crippen LogP contribution in [0.3, 0.4) is 0 Å². The maximum Gasteiger partial charge on any atom is 0.405 e. The molecule has 0 spiro atoms. The van der Waals surface area contributed by atoms with Crippen molar-refractivity contribution < 1.29 is 18.3 Å². The Balaban J connectivity index is 2.06. The molecule has 0 heterocycles. The first-order valence-corrected chi connectivity index (χ1v) is 9.41. The molecule has 0 saturated heterocycles. The lowest BCUT2D eigenvalue weighted by Gasteiger charge is -2.21. The van der Waals surface area contributed by atoms with Gasteiger partial charge in [0.15, 0.2) is 9.84 Å². The Morgan fingerprint density at radius 3 is 2.70 bits per heavy atom. The Morgan fingerprint density at radius 2 is 2.00 bits per heavy atom. The minimum atomic E-state index is -3.30. The van der Waals surface area contributed by atoms with Gasteiger partial charge in [0.2, 0.25) is 0 Å². The molecular formula is C17H21NO4S. The smallest absolute Gasteiger partial charge is 0.405 e. The van der Waals surface area contributed by atoms with Crippen LogP contribution in [-0.4, -0.2) is 31.9 Å². The number of hydrogen-bond acceptors (Lipinski definition) is 3. The number of carbonyl (C=O) groups is 1. The third-order valence-corrected chi connectivity index (χ3v) is 5.82. The van der Waals surface area contributed by atoms with Crippen LogP contribution in [0.5, 0.6) is 0 Å². The van der Waals surface area contributed by atoms with Gasteiger partial charge in [-0.2, -0.15) is 0 Å². The maximum absolute atomic E-state index is 12.5. The first kappa shape index (κ1) is 17.4. The molecule has 1 aliphatic rings. The van der Waals surface area contributed by atoms with Crippen molar-refractivity contribution in [1.29, 1.82) is 0 Å². The summed E-state index contributed by atoms with van der Waals surface area (Å²) in [5.41, 5.74) is 0.571. The topological polar surface area (TPSA) is 83.5 Å². The van der Waals surface area contributed by atoms with Gasteiger partial charge < -0.3 is 10.4 Å². The average molecular weight is 335 g/mol. The van der Waals surface area contributed by atoms with Crippen molar-refractivity contribution in [3.8, 4) is 11.8 Å². The highest BCUT2D eigenvalue weighted by Gasteiger charge is 2.23. The van der Waals surface area contributed by atoms with Gasteiger partial charge in [0.25, 0.3) is 0 Å². The Bertz CT molecular complexity index is 710. The molecule has 6 heteroatoms. The van der Waals surface area contributed by atoms with Crippen molar-refractivity contribution in [3.05, 3.63) is 29.8 Å². The first-order valence-electron chi connectivity index (χ1n) is 7.76. The van der Waals surface area contributed by atoms with Crippen LogP contribution in [-0.2, 0) is 9.84 Å². The summed E-state index contributed by atoms with van der Waals surface area (Å²) in [5, 5.41) is 10.6. The normalized spacial score (nSPS) is 15.5. The van der Waals surface area contributed by atoms with Crippen LogP contribution < -0.4 is 5.32 Å². The van der Waals surface area contributed by atoms with Gasteiger partial charge in [-0.1, -0.05) is 37.2 Å². The molecule has 5 nitrogen and oxygen atoms in total. The van der Waals surface area contributed by atoms with Gasteiger partial charge in [0.05, 0.1) is 17.2 Å². The molecule has 0 aromatic heterocycles. The summed E-state index contributed by atoms with van der Waals surface area (Å²) < 4.78 is 25.1. The molecule has 1 saturated carbocycles. The van der Waals surface area contributed by atoms with Crippen molar-refractivity contribution in [3.63, 3.8) is 0 Å². The molecule has 0 bridgehead atoms. The second kappa shape index (κ2) is 8.02. The molecule has 0 aliphatic heterocycles. The van der Waals surface area contributed by atoms with E-state index in [9.17, 15) is 13.2 Å². The molecule has 0 atom stereocenters. The molecule has 1 aromatic rings. The van der Waals surface area contributed by atoms with E-state index < -0.39 is 15.9 Å². The zero-order chi connectivity index (χ0) is 16.7. The molecule has 0 unspecified atom stereocenters. The predicted molar refractivity (Wildman–Crippen MR) is 88.0 cm³/mol. The van der Waals surface area contributed by atoms with Crippen molar-refractivity contribution in [2.45, 2.75) is 37.0 Å². The number of amides is 1. The molecule has 1 aromatic carbocycles. The third-order valence-electron chi connectivity index (χ3n) is 3.93. The van der Waals surface area contributed by atoms with Gasteiger partial charge in [-0.05, 0) is 37.0 Å². The van der Waals surface area contributed by atoms with E-state index >= 15 is 0 Å². The van der Waals surface area contributed by atoms with E-state index in [-0.39, 0.29) is 18.2 Å². The van der Waals surface area contributed by atoms with Crippen molar-refractivity contribution in [2.24, 2.45) is 5.92 Å². The number of nitrogens with one attached hydrogen (secondary N) is 1. The summed E-state index contributed by atoms with van der Waals surface area (Å²) in [5.74, 6) is 5.88. The fourth-order valence-electron chi connectivity index (χ4n) is 2.79. The van der Waals surface area contributed by atoms with E-state index in [4.69, 9.17) is 5.11 Å². The lowest BCUT2D eigenvalue weighted by Crippen LogP contribution is -2.20. The highest BCUT2D eigenvalue weighted by Crippen LogP contribution is 2.27. The lowest BCUT2D eigenvalue weighted by molar-refractivity contribution is 0.196. The van der Waals surface area contributed by atoms with Crippen LogP contribution in [0.1, 0.15) is 37.7 Å². The van der Waals surface area contributed by atoms with Crippen LogP contribution in [0.25, 0.3) is 0 Å². The van der Waals surface area contributed by atoms with Gasteiger partial charge in [-0.25, -0.2) is 13.2 Å². The molecule has 2 rings (SSSR count). The quantitative estimate of drug-likeness (QED) is 0.829. The van der Waals surface area contributed by atoms with Crippen LogP contribution in [0.2, 0.25) is 0 Å². The molecular weight excluding hydrogens is 314 g/mol. The number of sulfone groups is 1. The first-order chi connectivity index (χ1) is 11.0. The second-order valence-electron chi connectivity index (χ2n) is 5.77. The number of rotatable bonds is 4. The molecule has 0 radical (unpaired) electrons. The van der Waals surface area contributed by atoms with Gasteiger partial charge in [0.1, 0.15) is 0 Å². The highest BCUT2D eigenvalue weighted by molar-refractivity contribution is 7.91. The Morgan fingerprint density at radius 1 is 1.26 bits per heavy atom. The Labute approximate surface area is 137 Å². The van der Waals surface area contributed by atoms with Gasteiger partial charge in [-0.3, -0.25) is 0 Å². The molecule has 124 valence electrons. The average Bonchev–Trinajstić information content (AvgIpc) is 2.52. The van der Waals surface area contributed by atoms with Crippen molar-refractivity contribution >= 4 is 15.9 Å². The number of benzene rings is 1. The SMILES string of the molecule is O=C(O)NCC#Cc1cccc(S(=O)(=O)CC2CCCCC2)c1. The minimum absolute atomic E-state index is 0.00832. The standard InChI is InChI=1S/C17H21NO4S/c19-17(20)18-11-5-9-14-8-4-10-16(12-14)23(21,22)13-15-6-2-1-3-7-15/h4,8,10,12,15,18H,1-3,6-7,11,13H2,(H,19,20). The van der Waals surface area contributed by atoms with E-state index in [0.29, 0.717) is 10.5 Å². The molecule has 2 N–H and O–H groups in total. The Kier molecular flexibility index (Phi) is 6.05. The largest absolute Gasteiger partial charge is 0.465 e. The highest BCUT2D eigenvalue weighted by atomic mass is 32.2. The predicted octanol–water partition coefficient (Wildman–Crippen LogP) is 2.66. The summed E-state index contributed by atoms with van der Waals surface area (Å²) in [6, 6.07) is 6.54. The Hall–Kier alpha value is -2.00. The van der Waals surface area contributed by atoms with E-state index in [1.807, 2.05) is 0 Å². The van der Waals surface area contributed by atoms with Crippen LogP contribution in [0.4, 0.5) is 4.79 Å². The summed E-state index contributed by atoms with van der Waals surface area (Å²) >= 11 is 0. The fraction of sp³-hybridized carbons (Fsp3) is 0.471.